The largest absolute Gasteiger partial charge is 0.300 e. The fourth-order valence-electron chi connectivity index (χ4n) is 4.64. The highest BCUT2D eigenvalue weighted by molar-refractivity contribution is 5.82. The van der Waals surface area contributed by atoms with Crippen molar-refractivity contribution < 1.29 is 4.79 Å². The van der Waals surface area contributed by atoms with Crippen LogP contribution < -0.4 is 0 Å². The second-order valence-corrected chi connectivity index (χ2v) is 7.54. The normalized spacial score (nSPS) is 40.6. The Kier molecular flexibility index (Phi) is 4.46. The topological polar surface area (TPSA) is 23.6 Å². The summed E-state index contributed by atoms with van der Waals surface area (Å²) < 4.78 is 0. The molecule has 0 aromatic rings. The van der Waals surface area contributed by atoms with Crippen LogP contribution >= 0.6 is 0 Å². The molecule has 3 aliphatic rings. The Hall–Kier alpha value is -0.410. The standard InChI is InChI=1S/C17H30N2O/c1-13-9-14(2)16(17(20)10-13)12-18-7-8-19-6-4-3-5-15(19)11-18/h13-16H,3-12H2,1-2H3. The number of ketones is 1. The predicted molar refractivity (Wildman–Crippen MR) is 81.7 cm³/mol. The summed E-state index contributed by atoms with van der Waals surface area (Å²) in [6.45, 7) is 10.4. The first-order valence-electron chi connectivity index (χ1n) is 8.62. The smallest absolute Gasteiger partial charge is 0.137 e. The van der Waals surface area contributed by atoms with Crippen LogP contribution in [0.4, 0.5) is 0 Å². The molecule has 3 fully saturated rings. The van der Waals surface area contributed by atoms with Crippen molar-refractivity contribution in [1.29, 1.82) is 0 Å². The summed E-state index contributed by atoms with van der Waals surface area (Å²) in [5.74, 6) is 2.02. The van der Waals surface area contributed by atoms with E-state index in [4.69, 9.17) is 0 Å². The lowest BCUT2D eigenvalue weighted by Gasteiger charge is -2.45. The van der Waals surface area contributed by atoms with Gasteiger partial charge in [-0.15, -0.1) is 0 Å². The van der Waals surface area contributed by atoms with E-state index in [-0.39, 0.29) is 0 Å². The number of hydrogen-bond donors (Lipinski definition) is 0. The maximum absolute atomic E-state index is 12.3. The summed E-state index contributed by atoms with van der Waals surface area (Å²) in [6, 6.07) is 0.769. The van der Waals surface area contributed by atoms with Gasteiger partial charge in [-0.3, -0.25) is 14.6 Å². The molecule has 4 atom stereocenters. The summed E-state index contributed by atoms with van der Waals surface area (Å²) in [6.07, 6.45) is 6.19. The van der Waals surface area contributed by atoms with Crippen LogP contribution in [0.15, 0.2) is 0 Å². The van der Waals surface area contributed by atoms with Crippen LogP contribution in [0, 0.1) is 17.8 Å². The van der Waals surface area contributed by atoms with Gasteiger partial charge in [-0.25, -0.2) is 0 Å². The summed E-state index contributed by atoms with van der Waals surface area (Å²) in [5, 5.41) is 0. The number of hydrogen-bond acceptors (Lipinski definition) is 3. The van der Waals surface area contributed by atoms with Gasteiger partial charge in [0.05, 0.1) is 0 Å². The van der Waals surface area contributed by atoms with Crippen molar-refractivity contribution in [2.75, 3.05) is 32.7 Å². The Labute approximate surface area is 123 Å². The van der Waals surface area contributed by atoms with Crippen LogP contribution in [0.3, 0.4) is 0 Å². The van der Waals surface area contributed by atoms with Gasteiger partial charge in [-0.1, -0.05) is 20.3 Å². The summed E-state index contributed by atoms with van der Waals surface area (Å²) in [7, 11) is 0. The lowest BCUT2D eigenvalue weighted by Crippen LogP contribution is -2.56. The van der Waals surface area contributed by atoms with Gasteiger partial charge in [-0.05, 0) is 37.6 Å². The van der Waals surface area contributed by atoms with Crippen LogP contribution in [-0.4, -0.2) is 54.3 Å². The average molecular weight is 278 g/mol. The minimum atomic E-state index is 0.307. The first kappa shape index (κ1) is 14.5. The van der Waals surface area contributed by atoms with Gasteiger partial charge in [0.2, 0.25) is 0 Å². The number of carbonyl (C=O) groups excluding carboxylic acids is 1. The molecule has 0 radical (unpaired) electrons. The number of nitrogens with zero attached hydrogens (tertiary/aromatic N) is 2. The number of piperazine rings is 1. The first-order chi connectivity index (χ1) is 9.63. The number of fused-ring (bicyclic) bond motifs is 1. The lowest BCUT2D eigenvalue weighted by molar-refractivity contribution is -0.129. The van der Waals surface area contributed by atoms with Crippen LogP contribution in [0.2, 0.25) is 0 Å². The summed E-state index contributed by atoms with van der Waals surface area (Å²) in [5.41, 5.74) is 0. The molecular weight excluding hydrogens is 248 g/mol. The Morgan fingerprint density at radius 1 is 1.15 bits per heavy atom. The molecule has 0 bridgehead atoms. The Morgan fingerprint density at radius 2 is 2.00 bits per heavy atom. The summed E-state index contributed by atoms with van der Waals surface area (Å²) >= 11 is 0. The van der Waals surface area contributed by atoms with Crippen molar-refractivity contribution in [3.63, 3.8) is 0 Å². The number of carbonyl (C=O) groups is 1. The van der Waals surface area contributed by atoms with Crippen molar-refractivity contribution in [3.8, 4) is 0 Å². The molecule has 20 heavy (non-hydrogen) atoms. The molecule has 3 rings (SSSR count). The van der Waals surface area contributed by atoms with Crippen LogP contribution in [0.1, 0.15) is 46.0 Å². The summed E-state index contributed by atoms with van der Waals surface area (Å²) in [4.78, 5) is 17.6. The van der Waals surface area contributed by atoms with Gasteiger partial charge < -0.3 is 0 Å². The molecule has 2 heterocycles. The molecule has 2 saturated heterocycles. The van der Waals surface area contributed by atoms with Crippen molar-refractivity contribution in [2.45, 2.75) is 52.0 Å². The van der Waals surface area contributed by atoms with E-state index in [0.29, 0.717) is 23.5 Å². The fourth-order valence-corrected chi connectivity index (χ4v) is 4.64. The second kappa shape index (κ2) is 6.15. The van der Waals surface area contributed by atoms with E-state index in [9.17, 15) is 4.79 Å². The van der Waals surface area contributed by atoms with Gasteiger partial charge in [0.15, 0.2) is 0 Å². The maximum Gasteiger partial charge on any atom is 0.137 e. The molecule has 0 aromatic heterocycles. The molecule has 0 N–H and O–H groups in total. The third-order valence-electron chi connectivity index (χ3n) is 5.80. The lowest BCUT2D eigenvalue weighted by atomic mass is 9.74. The highest BCUT2D eigenvalue weighted by atomic mass is 16.1. The van der Waals surface area contributed by atoms with Crippen LogP contribution in [-0.2, 0) is 4.79 Å². The molecule has 114 valence electrons. The highest BCUT2D eigenvalue weighted by Crippen LogP contribution is 2.32. The number of piperidine rings is 1. The van der Waals surface area contributed by atoms with Gasteiger partial charge >= 0.3 is 0 Å². The van der Waals surface area contributed by atoms with Crippen LogP contribution in [0.5, 0.6) is 0 Å². The Morgan fingerprint density at radius 3 is 2.80 bits per heavy atom. The zero-order chi connectivity index (χ0) is 14.1. The highest BCUT2D eigenvalue weighted by Gasteiger charge is 2.36. The zero-order valence-electron chi connectivity index (χ0n) is 13.2. The van der Waals surface area contributed by atoms with E-state index < -0.39 is 0 Å². The number of Topliss-reactive ketones (excluding diaryl/α,β-unsaturated/α-hetero) is 1. The molecule has 1 saturated carbocycles. The number of rotatable bonds is 2. The fraction of sp³-hybridized carbons (Fsp3) is 0.941. The quantitative estimate of drug-likeness (QED) is 0.775. The van der Waals surface area contributed by atoms with Crippen LogP contribution in [0.25, 0.3) is 0 Å². The SMILES string of the molecule is CC1CC(=O)C(CN2CCN3CCCCC3C2)C(C)C1. The molecule has 0 amide bonds. The predicted octanol–water partition coefficient (Wildman–Crippen LogP) is 2.41. The average Bonchev–Trinajstić information content (AvgIpc) is 2.42. The molecule has 1 aliphatic carbocycles. The molecular formula is C17H30N2O. The van der Waals surface area contributed by atoms with Crippen molar-refractivity contribution in [2.24, 2.45) is 17.8 Å². The van der Waals surface area contributed by atoms with Crippen molar-refractivity contribution >= 4 is 5.78 Å². The third-order valence-corrected chi connectivity index (χ3v) is 5.80. The minimum absolute atomic E-state index is 0.307. The Bertz CT molecular complexity index is 357. The molecule has 0 aromatic carbocycles. The van der Waals surface area contributed by atoms with Gasteiger partial charge in [-0.2, -0.15) is 0 Å². The zero-order valence-corrected chi connectivity index (χ0v) is 13.2. The van der Waals surface area contributed by atoms with E-state index in [1.165, 1.54) is 51.9 Å². The van der Waals surface area contributed by atoms with Gasteiger partial charge in [0.25, 0.3) is 0 Å². The third kappa shape index (κ3) is 3.09. The van der Waals surface area contributed by atoms with Gasteiger partial charge in [0, 0.05) is 44.6 Å². The van der Waals surface area contributed by atoms with Crippen molar-refractivity contribution in [3.05, 3.63) is 0 Å². The van der Waals surface area contributed by atoms with E-state index in [1.807, 2.05) is 0 Å². The van der Waals surface area contributed by atoms with E-state index >= 15 is 0 Å². The van der Waals surface area contributed by atoms with Gasteiger partial charge in [0.1, 0.15) is 5.78 Å². The van der Waals surface area contributed by atoms with E-state index in [0.717, 1.165) is 19.0 Å². The maximum atomic E-state index is 12.3. The van der Waals surface area contributed by atoms with Crippen molar-refractivity contribution in [1.82, 2.24) is 9.80 Å². The minimum Gasteiger partial charge on any atom is -0.300 e. The molecule has 4 unspecified atom stereocenters. The first-order valence-corrected chi connectivity index (χ1v) is 8.62. The van der Waals surface area contributed by atoms with E-state index in [1.54, 1.807) is 0 Å². The molecule has 0 spiro atoms. The molecule has 3 heteroatoms. The molecule has 2 aliphatic heterocycles. The monoisotopic (exact) mass is 278 g/mol. The Balaban J connectivity index is 1.56. The molecule has 3 nitrogen and oxygen atoms in total. The second-order valence-electron chi connectivity index (χ2n) is 7.54. The van der Waals surface area contributed by atoms with E-state index in [2.05, 4.69) is 23.6 Å².